The summed E-state index contributed by atoms with van der Waals surface area (Å²) < 4.78 is 13.5. The number of benzene rings is 3. The van der Waals surface area contributed by atoms with E-state index >= 15 is 0 Å². The van der Waals surface area contributed by atoms with Crippen molar-refractivity contribution in [2.45, 2.75) is 32.2 Å². The molecular formula is C28H30ClN3O3. The lowest BCUT2D eigenvalue weighted by Gasteiger charge is -2.12. The number of aryl methyl sites for hydroxylation is 1. The molecule has 4 aromatic rings. The Morgan fingerprint density at radius 1 is 0.971 bits per heavy atom. The fourth-order valence-corrected chi connectivity index (χ4v) is 4.15. The van der Waals surface area contributed by atoms with Crippen LogP contribution in [0.15, 0.2) is 72.8 Å². The lowest BCUT2D eigenvalue weighted by atomic mass is 10.1. The fraction of sp³-hybridized carbons (Fsp3) is 0.286. The van der Waals surface area contributed by atoms with Gasteiger partial charge in [0.05, 0.1) is 31.2 Å². The Labute approximate surface area is 210 Å². The lowest BCUT2D eigenvalue weighted by molar-refractivity contribution is -0.120. The molecule has 1 heterocycles. The van der Waals surface area contributed by atoms with Crippen LogP contribution >= 0.6 is 11.6 Å². The largest absolute Gasteiger partial charge is 0.493 e. The highest BCUT2D eigenvalue weighted by Gasteiger charge is 2.11. The predicted octanol–water partition coefficient (Wildman–Crippen LogP) is 5.46. The van der Waals surface area contributed by atoms with Crippen molar-refractivity contribution in [2.75, 3.05) is 20.3 Å². The quantitative estimate of drug-likeness (QED) is 0.267. The van der Waals surface area contributed by atoms with E-state index in [1.165, 1.54) is 0 Å². The van der Waals surface area contributed by atoms with Crippen molar-refractivity contribution in [1.82, 2.24) is 14.9 Å². The van der Waals surface area contributed by atoms with Gasteiger partial charge in [0.15, 0.2) is 11.5 Å². The Morgan fingerprint density at radius 3 is 2.51 bits per heavy atom. The van der Waals surface area contributed by atoms with Gasteiger partial charge in [0.2, 0.25) is 5.91 Å². The molecule has 0 saturated heterocycles. The number of imidazole rings is 1. The van der Waals surface area contributed by atoms with Gasteiger partial charge in [-0.3, -0.25) is 4.79 Å². The van der Waals surface area contributed by atoms with Gasteiger partial charge in [0.25, 0.3) is 0 Å². The first-order valence-corrected chi connectivity index (χ1v) is 12.2. The Hall–Kier alpha value is -3.51. The molecule has 0 aliphatic carbocycles. The molecule has 0 spiro atoms. The number of para-hydroxylation sites is 4. The van der Waals surface area contributed by atoms with Crippen LogP contribution in [0.1, 0.15) is 24.2 Å². The molecule has 1 aromatic heterocycles. The van der Waals surface area contributed by atoms with Gasteiger partial charge in [-0.25, -0.2) is 4.98 Å². The fourth-order valence-electron chi connectivity index (χ4n) is 4.02. The summed E-state index contributed by atoms with van der Waals surface area (Å²) in [5, 5.41) is 3.68. The van der Waals surface area contributed by atoms with Gasteiger partial charge in [-0.1, -0.05) is 48.0 Å². The number of carbonyl (C=O) groups excluding carboxylic acids is 1. The monoisotopic (exact) mass is 491 g/mol. The first-order valence-electron chi connectivity index (χ1n) is 11.8. The van der Waals surface area contributed by atoms with Crippen molar-refractivity contribution >= 4 is 28.5 Å². The summed E-state index contributed by atoms with van der Waals surface area (Å²) in [6.07, 6.45) is 2.85. The van der Waals surface area contributed by atoms with Crippen molar-refractivity contribution in [3.05, 3.63) is 89.2 Å². The zero-order valence-electron chi connectivity index (χ0n) is 19.9. The maximum absolute atomic E-state index is 12.4. The molecule has 0 aliphatic heterocycles. The first kappa shape index (κ1) is 24.6. The molecule has 3 aromatic carbocycles. The second-order valence-corrected chi connectivity index (χ2v) is 8.71. The van der Waals surface area contributed by atoms with E-state index in [1.54, 1.807) is 19.2 Å². The highest BCUT2D eigenvalue weighted by molar-refractivity contribution is 6.30. The number of aromatic nitrogens is 2. The number of hydrogen-bond acceptors (Lipinski definition) is 4. The second-order valence-electron chi connectivity index (χ2n) is 8.28. The minimum Gasteiger partial charge on any atom is -0.493 e. The maximum atomic E-state index is 12.4. The summed E-state index contributed by atoms with van der Waals surface area (Å²) in [5.74, 6) is 2.47. The van der Waals surface area contributed by atoms with Gasteiger partial charge >= 0.3 is 0 Å². The summed E-state index contributed by atoms with van der Waals surface area (Å²) in [6, 6.07) is 23.2. The van der Waals surface area contributed by atoms with Crippen LogP contribution in [0.3, 0.4) is 0 Å². The molecule has 0 atom stereocenters. The summed E-state index contributed by atoms with van der Waals surface area (Å²) >= 11 is 5.92. The highest BCUT2D eigenvalue weighted by atomic mass is 35.5. The molecule has 0 aliphatic rings. The molecular weight excluding hydrogens is 462 g/mol. The van der Waals surface area contributed by atoms with Gasteiger partial charge in [0.1, 0.15) is 5.82 Å². The average Bonchev–Trinajstić information content (AvgIpc) is 3.22. The van der Waals surface area contributed by atoms with Gasteiger partial charge < -0.3 is 19.4 Å². The number of rotatable bonds is 12. The highest BCUT2D eigenvalue weighted by Crippen LogP contribution is 2.26. The summed E-state index contributed by atoms with van der Waals surface area (Å²) in [4.78, 5) is 17.2. The Balaban J connectivity index is 1.30. The van der Waals surface area contributed by atoms with Crippen LogP contribution < -0.4 is 14.8 Å². The molecule has 4 rings (SSSR count). The molecule has 1 amide bonds. The van der Waals surface area contributed by atoms with Gasteiger partial charge in [-0.05, 0) is 54.8 Å². The number of amides is 1. The number of unbranched alkanes of at least 4 members (excludes halogenated alkanes) is 1. The second kappa shape index (κ2) is 12.3. The summed E-state index contributed by atoms with van der Waals surface area (Å²) in [6.45, 7) is 1.99. The molecule has 7 heteroatoms. The topological polar surface area (TPSA) is 65.4 Å². The number of nitrogens with one attached hydrogen (secondary N) is 1. The Kier molecular flexibility index (Phi) is 8.63. The third-order valence-corrected chi connectivity index (χ3v) is 6.04. The molecule has 1 N–H and O–H groups in total. The number of fused-ring (bicyclic) bond motifs is 1. The zero-order chi connectivity index (χ0) is 24.5. The first-order chi connectivity index (χ1) is 17.1. The third-order valence-electron chi connectivity index (χ3n) is 5.79. The summed E-state index contributed by atoms with van der Waals surface area (Å²) in [5.41, 5.74) is 3.02. The van der Waals surface area contributed by atoms with Crippen LogP contribution in [0, 0.1) is 0 Å². The molecule has 6 nitrogen and oxygen atoms in total. The van der Waals surface area contributed by atoms with Crippen LogP contribution in [-0.4, -0.2) is 35.7 Å². The molecule has 0 fully saturated rings. The number of methoxy groups -OCH3 is 1. The van der Waals surface area contributed by atoms with E-state index in [-0.39, 0.29) is 5.91 Å². The zero-order valence-corrected chi connectivity index (χ0v) is 20.6. The van der Waals surface area contributed by atoms with Crippen LogP contribution in [0.25, 0.3) is 11.0 Å². The molecule has 0 bridgehead atoms. The normalized spacial score (nSPS) is 10.9. The van der Waals surface area contributed by atoms with E-state index in [4.69, 9.17) is 26.1 Å². The number of ether oxygens (including phenoxy) is 2. The van der Waals surface area contributed by atoms with E-state index < -0.39 is 0 Å². The molecule has 0 radical (unpaired) electrons. The van der Waals surface area contributed by atoms with E-state index in [9.17, 15) is 4.79 Å². The average molecular weight is 492 g/mol. The predicted molar refractivity (Wildman–Crippen MR) is 139 cm³/mol. The minimum atomic E-state index is -0.0107. The van der Waals surface area contributed by atoms with E-state index in [0.29, 0.717) is 31.0 Å². The van der Waals surface area contributed by atoms with Gasteiger partial charge in [-0.15, -0.1) is 0 Å². The van der Waals surface area contributed by atoms with Crippen molar-refractivity contribution in [3.63, 3.8) is 0 Å². The van der Waals surface area contributed by atoms with E-state index in [0.717, 1.165) is 53.3 Å². The lowest BCUT2D eigenvalue weighted by Crippen LogP contribution is -2.28. The number of hydrogen-bond donors (Lipinski definition) is 1. The summed E-state index contributed by atoms with van der Waals surface area (Å²) in [7, 11) is 1.65. The number of carbonyl (C=O) groups is 1. The molecule has 0 saturated carbocycles. The van der Waals surface area contributed by atoms with E-state index in [1.807, 2.05) is 54.6 Å². The maximum Gasteiger partial charge on any atom is 0.224 e. The van der Waals surface area contributed by atoms with Crippen molar-refractivity contribution in [2.24, 2.45) is 0 Å². The van der Waals surface area contributed by atoms with Crippen LogP contribution in [-0.2, 0) is 24.2 Å². The van der Waals surface area contributed by atoms with E-state index in [2.05, 4.69) is 16.0 Å². The Bertz CT molecular complexity index is 1250. The number of halogens is 1. The number of nitrogens with zero attached hydrogens (tertiary/aromatic N) is 2. The molecule has 0 unspecified atom stereocenters. The SMILES string of the molecule is COc1ccccc1OCCCCn1c(CCNC(=O)Cc2ccc(Cl)cc2)nc2ccccc21. The standard InChI is InChI=1S/C28H30ClN3O3/c1-34-25-10-4-5-11-26(25)35-19-7-6-18-32-24-9-3-2-8-23(24)31-27(32)16-17-30-28(33)20-21-12-14-22(29)15-13-21/h2-5,8-15H,6-7,16-20H2,1H3,(H,30,33). The van der Waals surface area contributed by atoms with Crippen molar-refractivity contribution in [3.8, 4) is 11.5 Å². The van der Waals surface area contributed by atoms with Crippen molar-refractivity contribution < 1.29 is 14.3 Å². The third kappa shape index (κ3) is 6.76. The van der Waals surface area contributed by atoms with Crippen LogP contribution in [0.4, 0.5) is 0 Å². The smallest absolute Gasteiger partial charge is 0.224 e. The minimum absolute atomic E-state index is 0.0107. The molecule has 182 valence electrons. The Morgan fingerprint density at radius 2 is 1.71 bits per heavy atom. The van der Waals surface area contributed by atoms with Crippen molar-refractivity contribution in [1.29, 1.82) is 0 Å². The molecule has 35 heavy (non-hydrogen) atoms. The van der Waals surface area contributed by atoms with Gasteiger partial charge in [-0.2, -0.15) is 0 Å². The van der Waals surface area contributed by atoms with Crippen LogP contribution in [0.5, 0.6) is 11.5 Å². The van der Waals surface area contributed by atoms with Crippen LogP contribution in [0.2, 0.25) is 5.02 Å². The van der Waals surface area contributed by atoms with Gasteiger partial charge in [0, 0.05) is 24.5 Å².